The number of amides is 1. The predicted molar refractivity (Wildman–Crippen MR) is 148 cm³/mol. The molecule has 1 aliphatic heterocycles. The lowest BCUT2D eigenvalue weighted by Crippen LogP contribution is -2.26. The molecule has 3 aromatic heterocycles. The molecule has 0 N–H and O–H groups in total. The summed E-state index contributed by atoms with van der Waals surface area (Å²) >= 11 is 0. The van der Waals surface area contributed by atoms with E-state index >= 15 is 4.39 Å². The van der Waals surface area contributed by atoms with Crippen LogP contribution < -0.4 is 0 Å². The molecule has 1 amide bonds. The zero-order valence-corrected chi connectivity index (χ0v) is 23.0. The molecular formula is C31H36FN5O. The number of hydrogen-bond donors (Lipinski definition) is 0. The molecule has 1 saturated carbocycles. The van der Waals surface area contributed by atoms with E-state index < -0.39 is 0 Å². The Balaban J connectivity index is 1.55. The van der Waals surface area contributed by atoms with Crippen molar-refractivity contribution in [1.29, 1.82) is 0 Å². The van der Waals surface area contributed by atoms with E-state index in [1.165, 1.54) is 12.8 Å². The molecule has 4 heterocycles. The number of hydrogen-bond acceptors (Lipinski definition) is 3. The average molecular weight is 514 g/mol. The summed E-state index contributed by atoms with van der Waals surface area (Å²) in [7, 11) is 0. The normalized spacial score (nSPS) is 15.2. The van der Waals surface area contributed by atoms with Crippen LogP contribution in [0.3, 0.4) is 0 Å². The van der Waals surface area contributed by atoms with Crippen LogP contribution in [0.2, 0.25) is 0 Å². The Morgan fingerprint density at radius 3 is 2.61 bits per heavy atom. The summed E-state index contributed by atoms with van der Waals surface area (Å²) in [4.78, 5) is 20.6. The van der Waals surface area contributed by atoms with Crippen molar-refractivity contribution in [3.05, 3.63) is 70.2 Å². The number of nitrogens with zero attached hydrogens (tertiary/aromatic N) is 5. The van der Waals surface area contributed by atoms with Crippen molar-refractivity contribution in [2.24, 2.45) is 5.92 Å². The van der Waals surface area contributed by atoms with Gasteiger partial charge in [0.1, 0.15) is 0 Å². The lowest BCUT2D eigenvalue weighted by molar-refractivity contribution is 0.0748. The Morgan fingerprint density at radius 2 is 1.92 bits per heavy atom. The van der Waals surface area contributed by atoms with Crippen LogP contribution >= 0.6 is 0 Å². The molecule has 0 radical (unpaired) electrons. The molecule has 0 spiro atoms. The fourth-order valence-electron chi connectivity index (χ4n) is 6.04. The maximum Gasteiger partial charge on any atom is 0.254 e. The van der Waals surface area contributed by atoms with E-state index in [-0.39, 0.29) is 17.6 Å². The Bertz CT molecular complexity index is 1560. The predicted octanol–water partition coefficient (Wildman–Crippen LogP) is 6.62. The van der Waals surface area contributed by atoms with Crippen molar-refractivity contribution < 1.29 is 9.18 Å². The van der Waals surface area contributed by atoms with Crippen molar-refractivity contribution >= 4 is 16.8 Å². The molecule has 4 aromatic rings. The molecule has 6 rings (SSSR count). The first-order valence-corrected chi connectivity index (χ1v) is 14.0. The fourth-order valence-corrected chi connectivity index (χ4v) is 6.04. The number of carbonyl (C=O) groups is 1. The van der Waals surface area contributed by atoms with Crippen LogP contribution in [-0.4, -0.2) is 30.1 Å². The summed E-state index contributed by atoms with van der Waals surface area (Å²) in [5, 5.41) is 4.97. The minimum Gasteiger partial charge on any atom is -0.341 e. The highest BCUT2D eigenvalue weighted by Crippen LogP contribution is 2.41. The minimum absolute atomic E-state index is 0.0278. The van der Waals surface area contributed by atoms with Gasteiger partial charge in [0, 0.05) is 58.7 Å². The number of aromatic nitrogens is 4. The van der Waals surface area contributed by atoms with Crippen LogP contribution in [0.15, 0.2) is 30.5 Å². The fraction of sp³-hybridized carbons (Fsp3) is 0.452. The van der Waals surface area contributed by atoms with Crippen LogP contribution in [0.1, 0.15) is 85.2 Å². The summed E-state index contributed by atoms with van der Waals surface area (Å²) in [5.41, 5.74) is 8.12. The SMILES string of the molecule is CCc1nc(C)ccc1-c1cc(C(=O)N2Cc3cnn(CC)c3C2)cc2c(F)c(C(C)C)n(CC3CC3)c12. The van der Waals surface area contributed by atoms with Gasteiger partial charge in [-0.2, -0.15) is 5.10 Å². The molecule has 38 heavy (non-hydrogen) atoms. The summed E-state index contributed by atoms with van der Waals surface area (Å²) < 4.78 is 20.4. The summed E-state index contributed by atoms with van der Waals surface area (Å²) in [6.07, 6.45) is 4.98. The van der Waals surface area contributed by atoms with Gasteiger partial charge in [-0.15, -0.1) is 0 Å². The van der Waals surface area contributed by atoms with Crippen molar-refractivity contribution in [3.63, 3.8) is 0 Å². The largest absolute Gasteiger partial charge is 0.341 e. The van der Waals surface area contributed by atoms with Crippen LogP contribution in [0.5, 0.6) is 0 Å². The number of pyridine rings is 1. The van der Waals surface area contributed by atoms with Gasteiger partial charge in [0.15, 0.2) is 5.82 Å². The van der Waals surface area contributed by atoms with Gasteiger partial charge in [0.25, 0.3) is 5.91 Å². The molecule has 1 aromatic carbocycles. The van der Waals surface area contributed by atoms with Crippen LogP contribution in [0.25, 0.3) is 22.0 Å². The number of carbonyl (C=O) groups excluding carboxylic acids is 1. The van der Waals surface area contributed by atoms with E-state index in [9.17, 15) is 4.79 Å². The van der Waals surface area contributed by atoms with Crippen molar-refractivity contribution in [3.8, 4) is 11.1 Å². The number of fused-ring (bicyclic) bond motifs is 2. The molecule has 1 fully saturated rings. The number of benzene rings is 1. The van der Waals surface area contributed by atoms with Gasteiger partial charge in [0.2, 0.25) is 0 Å². The summed E-state index contributed by atoms with van der Waals surface area (Å²) in [5.74, 6) is 0.334. The van der Waals surface area contributed by atoms with Gasteiger partial charge < -0.3 is 9.47 Å². The van der Waals surface area contributed by atoms with Gasteiger partial charge in [-0.05, 0) is 63.1 Å². The molecule has 0 saturated heterocycles. The van der Waals surface area contributed by atoms with E-state index in [2.05, 4.69) is 43.4 Å². The van der Waals surface area contributed by atoms with Crippen molar-refractivity contribution in [1.82, 2.24) is 24.2 Å². The molecule has 198 valence electrons. The minimum atomic E-state index is -0.198. The highest BCUT2D eigenvalue weighted by atomic mass is 19.1. The lowest BCUT2D eigenvalue weighted by Gasteiger charge is -2.19. The Hall–Kier alpha value is -3.48. The number of halogens is 1. The average Bonchev–Trinajstić information content (AvgIpc) is 3.38. The summed E-state index contributed by atoms with van der Waals surface area (Å²) in [6, 6.07) is 7.87. The van der Waals surface area contributed by atoms with E-state index in [0.29, 0.717) is 30.0 Å². The second kappa shape index (κ2) is 9.37. The first kappa shape index (κ1) is 24.8. The first-order valence-electron chi connectivity index (χ1n) is 14.0. The quantitative estimate of drug-likeness (QED) is 0.279. The molecule has 0 atom stereocenters. The Kier molecular flexibility index (Phi) is 6.12. The van der Waals surface area contributed by atoms with Gasteiger partial charge in [-0.1, -0.05) is 26.8 Å². The first-order chi connectivity index (χ1) is 18.3. The Labute approximate surface area is 223 Å². The Morgan fingerprint density at radius 1 is 1.13 bits per heavy atom. The van der Waals surface area contributed by atoms with E-state index in [1.807, 2.05) is 34.8 Å². The van der Waals surface area contributed by atoms with Crippen molar-refractivity contribution in [2.75, 3.05) is 0 Å². The zero-order chi connectivity index (χ0) is 26.7. The highest BCUT2D eigenvalue weighted by molar-refractivity contribution is 6.05. The maximum atomic E-state index is 16.3. The maximum absolute atomic E-state index is 16.3. The van der Waals surface area contributed by atoms with E-state index in [4.69, 9.17) is 4.98 Å². The van der Waals surface area contributed by atoms with Gasteiger partial charge in [0.05, 0.1) is 29.6 Å². The molecule has 1 aliphatic carbocycles. The molecule has 0 bridgehead atoms. The third-order valence-corrected chi connectivity index (χ3v) is 8.13. The van der Waals surface area contributed by atoms with Gasteiger partial charge in [-0.25, -0.2) is 4.39 Å². The second-order valence-corrected chi connectivity index (χ2v) is 11.2. The van der Waals surface area contributed by atoms with Crippen LogP contribution in [0.4, 0.5) is 4.39 Å². The molecule has 0 unspecified atom stereocenters. The second-order valence-electron chi connectivity index (χ2n) is 11.2. The van der Waals surface area contributed by atoms with Crippen molar-refractivity contribution in [2.45, 2.75) is 86.0 Å². The van der Waals surface area contributed by atoms with Gasteiger partial charge >= 0.3 is 0 Å². The van der Waals surface area contributed by atoms with Gasteiger partial charge in [-0.3, -0.25) is 14.5 Å². The number of aryl methyl sites for hydroxylation is 3. The third-order valence-electron chi connectivity index (χ3n) is 8.13. The van der Waals surface area contributed by atoms with E-state index in [0.717, 1.165) is 64.5 Å². The molecule has 6 nitrogen and oxygen atoms in total. The number of rotatable bonds is 7. The highest BCUT2D eigenvalue weighted by Gasteiger charge is 2.32. The standard InChI is InChI=1S/C31H36FN5O/c1-6-26-23(11-8-19(5)34-26)24-12-21(31(38)35-16-22-14-33-37(7-2)27(22)17-35)13-25-28(32)29(18(3)4)36(30(24)25)15-20-9-10-20/h8,11-14,18,20H,6-7,9-10,15-17H2,1-5H3. The smallest absolute Gasteiger partial charge is 0.254 e. The van der Waals surface area contributed by atoms with Crippen LogP contribution in [0, 0.1) is 18.7 Å². The molecular weight excluding hydrogens is 477 g/mol. The topological polar surface area (TPSA) is 56.0 Å². The van der Waals surface area contributed by atoms with E-state index in [1.54, 1.807) is 6.07 Å². The van der Waals surface area contributed by atoms with Crippen LogP contribution in [-0.2, 0) is 32.6 Å². The summed E-state index contributed by atoms with van der Waals surface area (Å²) in [6.45, 7) is 12.9. The molecule has 7 heteroatoms. The lowest BCUT2D eigenvalue weighted by atomic mass is 9.96. The molecule has 2 aliphatic rings. The monoisotopic (exact) mass is 513 g/mol. The zero-order valence-electron chi connectivity index (χ0n) is 23.0. The third kappa shape index (κ3) is 4.03.